The van der Waals surface area contributed by atoms with Crippen LogP contribution in [0.15, 0.2) is 18.7 Å². The van der Waals surface area contributed by atoms with Crippen molar-refractivity contribution in [1.29, 1.82) is 0 Å². The molecule has 1 saturated heterocycles. The zero-order chi connectivity index (χ0) is 19.6. The second-order valence-corrected chi connectivity index (χ2v) is 6.76. The molecule has 1 amide bonds. The summed E-state index contributed by atoms with van der Waals surface area (Å²) in [6, 6.07) is 0. The molecule has 1 aromatic carbocycles. The van der Waals surface area contributed by atoms with Crippen LogP contribution in [0.4, 0.5) is 22.0 Å². The number of hydrogen-bond acceptors (Lipinski definition) is 4. The molecule has 0 aliphatic carbocycles. The highest BCUT2D eigenvalue weighted by Crippen LogP contribution is 2.31. The van der Waals surface area contributed by atoms with E-state index in [0.29, 0.717) is 0 Å². The van der Waals surface area contributed by atoms with E-state index in [1.807, 2.05) is 0 Å². The number of likely N-dealkylation sites (tertiary alicyclic amines) is 1. The fraction of sp³-hybridized carbons (Fsp3) is 0.375. The zero-order valence-electron chi connectivity index (χ0n) is 13.8. The van der Waals surface area contributed by atoms with E-state index in [9.17, 15) is 26.7 Å². The Kier molecular flexibility index (Phi) is 5.88. The molecule has 0 bridgehead atoms. The maximum absolute atomic E-state index is 13.7. The van der Waals surface area contributed by atoms with E-state index in [-0.39, 0.29) is 37.6 Å². The summed E-state index contributed by atoms with van der Waals surface area (Å²) in [6.45, 7) is 0.507. The topological polar surface area (TPSA) is 47.4 Å². The van der Waals surface area contributed by atoms with E-state index in [2.05, 4.69) is 4.98 Å². The van der Waals surface area contributed by atoms with Gasteiger partial charge in [0.15, 0.2) is 5.75 Å². The van der Waals surface area contributed by atoms with Gasteiger partial charge < -0.3 is 9.64 Å². The van der Waals surface area contributed by atoms with E-state index in [0.717, 1.165) is 0 Å². The molecule has 1 aromatic heterocycles. The molecule has 0 spiro atoms. The minimum absolute atomic E-state index is 0.136. The Balaban J connectivity index is 1.56. The number of halogens is 5. The molecule has 1 aliphatic rings. The molecule has 0 unspecified atom stereocenters. The van der Waals surface area contributed by atoms with Crippen molar-refractivity contribution < 1.29 is 31.5 Å². The zero-order valence-corrected chi connectivity index (χ0v) is 14.6. The van der Waals surface area contributed by atoms with E-state index in [1.165, 1.54) is 11.9 Å². The van der Waals surface area contributed by atoms with E-state index in [4.69, 9.17) is 4.74 Å². The van der Waals surface area contributed by atoms with Gasteiger partial charge in [0, 0.05) is 38.3 Å². The normalized spacial score (nSPS) is 15.2. The van der Waals surface area contributed by atoms with Crippen LogP contribution in [0.25, 0.3) is 0 Å². The van der Waals surface area contributed by atoms with Crippen molar-refractivity contribution in [3.8, 4) is 5.75 Å². The van der Waals surface area contributed by atoms with Crippen LogP contribution in [0.1, 0.15) is 12.8 Å². The molecular weight excluding hydrogens is 393 g/mol. The SMILES string of the molecule is O=C(CSn1ccnc1)N1CCC(Oc2c(F)c(F)c(F)c(F)c2F)CC1. The molecule has 5 nitrogen and oxygen atoms in total. The van der Waals surface area contributed by atoms with Crippen molar-refractivity contribution in [3.05, 3.63) is 47.8 Å². The Labute approximate surface area is 155 Å². The summed E-state index contributed by atoms with van der Waals surface area (Å²) in [5.74, 6) is -11.6. The fourth-order valence-electron chi connectivity index (χ4n) is 2.62. The van der Waals surface area contributed by atoms with Crippen molar-refractivity contribution in [1.82, 2.24) is 13.9 Å². The fourth-order valence-corrected chi connectivity index (χ4v) is 3.33. The smallest absolute Gasteiger partial charge is 0.234 e. The first-order valence-electron chi connectivity index (χ1n) is 7.95. The summed E-state index contributed by atoms with van der Waals surface area (Å²) in [5, 5.41) is 0. The number of benzene rings is 1. The van der Waals surface area contributed by atoms with Crippen LogP contribution in [0.5, 0.6) is 5.75 Å². The maximum Gasteiger partial charge on any atom is 0.234 e. The average molecular weight is 407 g/mol. The molecule has 11 heteroatoms. The molecule has 27 heavy (non-hydrogen) atoms. The molecule has 0 radical (unpaired) electrons. The molecule has 3 rings (SSSR count). The third kappa shape index (κ3) is 4.18. The van der Waals surface area contributed by atoms with E-state index < -0.39 is 40.9 Å². The highest BCUT2D eigenvalue weighted by atomic mass is 32.2. The van der Waals surface area contributed by atoms with Gasteiger partial charge in [0.1, 0.15) is 12.4 Å². The highest BCUT2D eigenvalue weighted by molar-refractivity contribution is 7.98. The Bertz CT molecular complexity index is 797. The van der Waals surface area contributed by atoms with Crippen LogP contribution in [-0.2, 0) is 4.79 Å². The Hall–Kier alpha value is -2.30. The molecule has 0 N–H and O–H groups in total. The van der Waals surface area contributed by atoms with Crippen molar-refractivity contribution in [2.75, 3.05) is 18.8 Å². The van der Waals surface area contributed by atoms with Gasteiger partial charge in [-0.2, -0.15) is 8.78 Å². The van der Waals surface area contributed by atoms with Crippen molar-refractivity contribution in [2.45, 2.75) is 18.9 Å². The summed E-state index contributed by atoms with van der Waals surface area (Å²) in [4.78, 5) is 17.6. The van der Waals surface area contributed by atoms with Crippen LogP contribution in [-0.4, -0.2) is 44.7 Å². The molecular formula is C16H14F5N3O2S. The third-order valence-electron chi connectivity index (χ3n) is 4.07. The van der Waals surface area contributed by atoms with Gasteiger partial charge in [0.05, 0.1) is 5.75 Å². The lowest BCUT2D eigenvalue weighted by Crippen LogP contribution is -2.42. The standard InChI is InChI=1S/C16H14F5N3O2S/c17-11-12(18)14(20)16(15(21)13(11)19)26-9-1-4-23(5-2-9)10(25)7-27-24-6-3-22-8-24/h3,6,8-9H,1-2,4-5,7H2. The van der Waals surface area contributed by atoms with Crippen molar-refractivity contribution >= 4 is 17.9 Å². The number of piperidine rings is 1. The van der Waals surface area contributed by atoms with Crippen LogP contribution >= 0.6 is 11.9 Å². The molecule has 0 atom stereocenters. The first-order valence-corrected chi connectivity index (χ1v) is 8.89. The summed E-state index contributed by atoms with van der Waals surface area (Å²) < 4.78 is 73.6. The summed E-state index contributed by atoms with van der Waals surface area (Å²) >= 11 is 1.25. The van der Waals surface area contributed by atoms with Gasteiger partial charge in [0.25, 0.3) is 0 Å². The number of hydrogen-bond donors (Lipinski definition) is 0. The van der Waals surface area contributed by atoms with Crippen LogP contribution in [0.3, 0.4) is 0 Å². The highest BCUT2D eigenvalue weighted by Gasteiger charge is 2.30. The quantitative estimate of drug-likeness (QED) is 0.434. The second-order valence-electron chi connectivity index (χ2n) is 5.79. The molecule has 2 aromatic rings. The first-order chi connectivity index (χ1) is 12.9. The number of rotatable bonds is 5. The van der Waals surface area contributed by atoms with Crippen LogP contribution in [0, 0.1) is 29.1 Å². The van der Waals surface area contributed by atoms with Gasteiger partial charge in [-0.05, 0) is 11.9 Å². The lowest BCUT2D eigenvalue weighted by molar-refractivity contribution is -0.130. The molecule has 0 saturated carbocycles. The number of nitrogens with zero attached hydrogens (tertiary/aromatic N) is 3. The number of carbonyl (C=O) groups is 1. The summed E-state index contributed by atoms with van der Waals surface area (Å²) in [7, 11) is 0. The van der Waals surface area contributed by atoms with Crippen molar-refractivity contribution in [3.63, 3.8) is 0 Å². The predicted molar refractivity (Wildman–Crippen MR) is 86.5 cm³/mol. The Morgan fingerprint density at radius 3 is 2.22 bits per heavy atom. The largest absolute Gasteiger partial charge is 0.484 e. The third-order valence-corrected chi connectivity index (χ3v) is 4.96. The molecule has 1 aliphatic heterocycles. The molecule has 2 heterocycles. The lowest BCUT2D eigenvalue weighted by atomic mass is 10.1. The average Bonchev–Trinajstić information content (AvgIpc) is 3.20. The number of ether oxygens (including phenoxy) is 1. The Morgan fingerprint density at radius 2 is 1.67 bits per heavy atom. The van der Waals surface area contributed by atoms with Gasteiger partial charge in [-0.3, -0.25) is 8.77 Å². The minimum atomic E-state index is -2.23. The van der Waals surface area contributed by atoms with Crippen LogP contribution < -0.4 is 4.74 Å². The van der Waals surface area contributed by atoms with Gasteiger partial charge in [-0.15, -0.1) is 0 Å². The van der Waals surface area contributed by atoms with E-state index >= 15 is 0 Å². The van der Waals surface area contributed by atoms with Gasteiger partial charge >= 0.3 is 0 Å². The number of carbonyl (C=O) groups excluding carboxylic acids is 1. The predicted octanol–water partition coefficient (Wildman–Crippen LogP) is 3.14. The van der Waals surface area contributed by atoms with Gasteiger partial charge in [-0.25, -0.2) is 18.2 Å². The monoisotopic (exact) mass is 407 g/mol. The van der Waals surface area contributed by atoms with E-state index in [1.54, 1.807) is 27.6 Å². The summed E-state index contributed by atoms with van der Waals surface area (Å²) in [5.41, 5.74) is 0. The maximum atomic E-state index is 13.7. The molecule has 1 fully saturated rings. The minimum Gasteiger partial charge on any atom is -0.484 e. The second kappa shape index (κ2) is 8.15. The van der Waals surface area contributed by atoms with Gasteiger partial charge in [-0.1, -0.05) is 0 Å². The lowest BCUT2D eigenvalue weighted by Gasteiger charge is -2.32. The molecule has 146 valence electrons. The van der Waals surface area contributed by atoms with Crippen molar-refractivity contribution in [2.24, 2.45) is 0 Å². The first kappa shape index (κ1) is 19.5. The van der Waals surface area contributed by atoms with Crippen LogP contribution in [0.2, 0.25) is 0 Å². The number of aromatic nitrogens is 2. The number of amides is 1. The Morgan fingerprint density at radius 1 is 1.07 bits per heavy atom. The van der Waals surface area contributed by atoms with Gasteiger partial charge in [0.2, 0.25) is 35.0 Å². The summed E-state index contributed by atoms with van der Waals surface area (Å²) in [6.07, 6.45) is 4.50. The number of imidazole rings is 1.